The van der Waals surface area contributed by atoms with Gasteiger partial charge in [-0.15, -0.1) is 0 Å². The molecule has 6 heteroatoms. The van der Waals surface area contributed by atoms with Gasteiger partial charge in [-0.2, -0.15) is 0 Å². The highest BCUT2D eigenvalue weighted by atomic mass is 19.1. The molecular formula is C15H21FN2O3. The topological polar surface area (TPSA) is 61.8 Å². The number of rotatable bonds is 4. The van der Waals surface area contributed by atoms with Gasteiger partial charge in [0.2, 0.25) is 5.91 Å². The standard InChI is InChI=1S/C15H21FN2O3/c1-10(2)17-15(20)13-9-21-7-6-18(13)14-11(8-19)4-3-5-12(14)16/h3-5,10,13,19H,6-9H2,1-2H3,(H,17,20). The van der Waals surface area contributed by atoms with E-state index < -0.39 is 11.9 Å². The molecule has 0 aliphatic carbocycles. The number of aliphatic hydroxyl groups is 1. The Labute approximate surface area is 123 Å². The number of para-hydroxylation sites is 1. The third-order valence-electron chi connectivity index (χ3n) is 3.39. The highest BCUT2D eigenvalue weighted by Crippen LogP contribution is 2.28. The summed E-state index contributed by atoms with van der Waals surface area (Å²) in [6.07, 6.45) is 0. The average Bonchev–Trinajstić information content (AvgIpc) is 2.46. The molecule has 1 aromatic carbocycles. The van der Waals surface area contributed by atoms with E-state index in [0.29, 0.717) is 18.7 Å². The van der Waals surface area contributed by atoms with Crippen molar-refractivity contribution in [2.24, 2.45) is 0 Å². The lowest BCUT2D eigenvalue weighted by molar-refractivity contribution is -0.125. The minimum atomic E-state index is -0.594. The Morgan fingerprint density at radius 1 is 1.57 bits per heavy atom. The van der Waals surface area contributed by atoms with E-state index in [1.165, 1.54) is 6.07 Å². The number of carbonyl (C=O) groups excluding carboxylic acids is 1. The lowest BCUT2D eigenvalue weighted by Crippen LogP contribution is -2.55. The van der Waals surface area contributed by atoms with Crippen LogP contribution in [0.1, 0.15) is 19.4 Å². The number of morpholine rings is 1. The maximum Gasteiger partial charge on any atom is 0.245 e. The van der Waals surface area contributed by atoms with Crippen LogP contribution in [-0.4, -0.2) is 42.9 Å². The van der Waals surface area contributed by atoms with Gasteiger partial charge in [-0.3, -0.25) is 4.79 Å². The van der Waals surface area contributed by atoms with Crippen LogP contribution in [0.25, 0.3) is 0 Å². The van der Waals surface area contributed by atoms with Crippen LogP contribution in [0, 0.1) is 5.82 Å². The maximum absolute atomic E-state index is 14.2. The number of anilines is 1. The Morgan fingerprint density at radius 3 is 3.00 bits per heavy atom. The van der Waals surface area contributed by atoms with Gasteiger partial charge < -0.3 is 20.1 Å². The summed E-state index contributed by atoms with van der Waals surface area (Å²) in [5.74, 6) is -0.636. The van der Waals surface area contributed by atoms with Gasteiger partial charge in [-0.05, 0) is 19.9 Å². The van der Waals surface area contributed by atoms with Gasteiger partial charge in [0, 0.05) is 18.2 Å². The zero-order chi connectivity index (χ0) is 15.4. The van der Waals surface area contributed by atoms with Gasteiger partial charge in [-0.25, -0.2) is 4.39 Å². The van der Waals surface area contributed by atoms with Crippen molar-refractivity contribution in [3.05, 3.63) is 29.6 Å². The van der Waals surface area contributed by atoms with Crippen molar-refractivity contribution in [2.45, 2.75) is 32.5 Å². The Balaban J connectivity index is 2.33. The molecule has 116 valence electrons. The van der Waals surface area contributed by atoms with Gasteiger partial charge in [0.05, 0.1) is 25.5 Å². The van der Waals surface area contributed by atoms with Crippen LogP contribution in [0.2, 0.25) is 0 Å². The summed E-state index contributed by atoms with van der Waals surface area (Å²) >= 11 is 0. The second-order valence-electron chi connectivity index (χ2n) is 5.35. The number of hydrogen-bond acceptors (Lipinski definition) is 4. The fourth-order valence-corrected chi connectivity index (χ4v) is 2.48. The Bertz CT molecular complexity index is 508. The molecule has 21 heavy (non-hydrogen) atoms. The van der Waals surface area contributed by atoms with Crippen LogP contribution in [0.5, 0.6) is 0 Å². The van der Waals surface area contributed by atoms with Crippen LogP contribution in [0.3, 0.4) is 0 Å². The van der Waals surface area contributed by atoms with Gasteiger partial charge in [0.15, 0.2) is 0 Å². The lowest BCUT2D eigenvalue weighted by Gasteiger charge is -2.37. The normalized spacial score (nSPS) is 18.9. The van der Waals surface area contributed by atoms with E-state index in [1.807, 2.05) is 13.8 Å². The molecule has 1 saturated heterocycles. The summed E-state index contributed by atoms with van der Waals surface area (Å²) in [5, 5.41) is 12.2. The molecule has 1 heterocycles. The fourth-order valence-electron chi connectivity index (χ4n) is 2.48. The summed E-state index contributed by atoms with van der Waals surface area (Å²) < 4.78 is 19.6. The minimum absolute atomic E-state index is 0.000732. The van der Waals surface area contributed by atoms with Crippen LogP contribution < -0.4 is 10.2 Å². The van der Waals surface area contributed by atoms with Crippen LogP contribution in [-0.2, 0) is 16.1 Å². The van der Waals surface area contributed by atoms with Crippen molar-refractivity contribution in [1.82, 2.24) is 5.32 Å². The van der Waals surface area contributed by atoms with E-state index >= 15 is 0 Å². The number of nitrogens with one attached hydrogen (secondary N) is 1. The Kier molecular flexibility index (Phi) is 5.14. The van der Waals surface area contributed by atoms with E-state index in [-0.39, 0.29) is 30.9 Å². The molecular weight excluding hydrogens is 275 g/mol. The number of ether oxygens (including phenoxy) is 1. The molecule has 0 saturated carbocycles. The van der Waals surface area contributed by atoms with Crippen molar-refractivity contribution in [2.75, 3.05) is 24.7 Å². The van der Waals surface area contributed by atoms with E-state index in [9.17, 15) is 14.3 Å². The summed E-state index contributed by atoms with van der Waals surface area (Å²) in [6.45, 7) is 4.50. The van der Waals surface area contributed by atoms with Crippen molar-refractivity contribution >= 4 is 11.6 Å². The number of aliphatic hydroxyl groups excluding tert-OH is 1. The second kappa shape index (κ2) is 6.87. The Morgan fingerprint density at radius 2 is 2.33 bits per heavy atom. The summed E-state index contributed by atoms with van der Waals surface area (Å²) in [5.41, 5.74) is 0.756. The SMILES string of the molecule is CC(C)NC(=O)C1COCCN1c1c(F)cccc1CO. The minimum Gasteiger partial charge on any atom is -0.392 e. The number of carbonyl (C=O) groups is 1. The molecule has 2 N–H and O–H groups in total. The third-order valence-corrected chi connectivity index (χ3v) is 3.39. The highest BCUT2D eigenvalue weighted by molar-refractivity contribution is 5.86. The summed E-state index contributed by atoms with van der Waals surface area (Å²) in [7, 11) is 0. The molecule has 1 atom stereocenters. The van der Waals surface area contributed by atoms with E-state index in [2.05, 4.69) is 5.32 Å². The summed E-state index contributed by atoms with van der Waals surface area (Å²) in [4.78, 5) is 14.0. The molecule has 0 radical (unpaired) electrons. The molecule has 1 unspecified atom stereocenters. The monoisotopic (exact) mass is 296 g/mol. The molecule has 0 bridgehead atoms. The molecule has 1 aliphatic heterocycles. The predicted molar refractivity (Wildman–Crippen MR) is 77.6 cm³/mol. The van der Waals surface area contributed by atoms with Crippen molar-refractivity contribution < 1.29 is 19.0 Å². The molecule has 1 fully saturated rings. The first-order valence-corrected chi connectivity index (χ1v) is 7.07. The quantitative estimate of drug-likeness (QED) is 0.872. The zero-order valence-corrected chi connectivity index (χ0v) is 12.3. The number of benzene rings is 1. The van der Waals surface area contributed by atoms with Gasteiger partial charge >= 0.3 is 0 Å². The molecule has 0 aromatic heterocycles. The molecule has 2 rings (SSSR count). The number of nitrogens with zero attached hydrogens (tertiary/aromatic N) is 1. The molecule has 1 aliphatic rings. The van der Waals surface area contributed by atoms with Crippen LogP contribution >= 0.6 is 0 Å². The fraction of sp³-hybridized carbons (Fsp3) is 0.533. The van der Waals surface area contributed by atoms with Crippen molar-refractivity contribution in [1.29, 1.82) is 0 Å². The first kappa shape index (κ1) is 15.7. The van der Waals surface area contributed by atoms with Gasteiger partial charge in [-0.1, -0.05) is 12.1 Å². The third kappa shape index (κ3) is 3.51. The van der Waals surface area contributed by atoms with E-state index in [1.54, 1.807) is 17.0 Å². The average molecular weight is 296 g/mol. The smallest absolute Gasteiger partial charge is 0.245 e. The van der Waals surface area contributed by atoms with Gasteiger partial charge in [0.25, 0.3) is 0 Å². The van der Waals surface area contributed by atoms with Crippen molar-refractivity contribution in [3.63, 3.8) is 0 Å². The predicted octanol–water partition coefficient (Wildman–Crippen LogP) is 1.05. The second-order valence-corrected chi connectivity index (χ2v) is 5.35. The molecule has 5 nitrogen and oxygen atoms in total. The van der Waals surface area contributed by atoms with Gasteiger partial charge in [0.1, 0.15) is 11.9 Å². The Hall–Kier alpha value is -1.66. The number of amides is 1. The first-order chi connectivity index (χ1) is 10.0. The molecule has 1 aromatic rings. The lowest BCUT2D eigenvalue weighted by atomic mass is 10.1. The molecule has 0 spiro atoms. The van der Waals surface area contributed by atoms with Crippen molar-refractivity contribution in [3.8, 4) is 0 Å². The van der Waals surface area contributed by atoms with Crippen LogP contribution in [0.15, 0.2) is 18.2 Å². The maximum atomic E-state index is 14.2. The largest absolute Gasteiger partial charge is 0.392 e. The number of hydrogen-bond donors (Lipinski definition) is 2. The first-order valence-electron chi connectivity index (χ1n) is 7.07. The summed E-state index contributed by atoms with van der Waals surface area (Å²) in [6, 6.07) is 3.95. The van der Waals surface area contributed by atoms with E-state index in [4.69, 9.17) is 4.74 Å². The zero-order valence-electron chi connectivity index (χ0n) is 12.3. The number of halogens is 1. The van der Waals surface area contributed by atoms with Crippen LogP contribution in [0.4, 0.5) is 10.1 Å². The van der Waals surface area contributed by atoms with E-state index in [0.717, 1.165) is 0 Å². The molecule has 1 amide bonds. The highest BCUT2D eigenvalue weighted by Gasteiger charge is 2.32.